The molecule has 0 bridgehead atoms. The first kappa shape index (κ1) is 21.4. The van der Waals surface area contributed by atoms with Gasteiger partial charge in [0.05, 0.1) is 12.7 Å². The standard InChI is InChI=1S/C18H24F3N3O2S/c1-26-16(25)3-2-8-22-17(27)24-11-9-23(10-12-24)13-14-4-6-15(7-5-14)18(19,20)21/h4-7H,2-3,8-13H2,1H3,(H,22,27). The van der Waals surface area contributed by atoms with Gasteiger partial charge in [0, 0.05) is 45.7 Å². The highest BCUT2D eigenvalue weighted by Gasteiger charge is 2.30. The third-order valence-electron chi connectivity index (χ3n) is 4.41. The molecule has 0 radical (unpaired) electrons. The van der Waals surface area contributed by atoms with E-state index >= 15 is 0 Å². The van der Waals surface area contributed by atoms with Crippen molar-refractivity contribution in [3.05, 3.63) is 35.4 Å². The molecule has 1 saturated heterocycles. The molecule has 1 aromatic carbocycles. The summed E-state index contributed by atoms with van der Waals surface area (Å²) >= 11 is 5.37. The van der Waals surface area contributed by atoms with E-state index in [-0.39, 0.29) is 5.97 Å². The highest BCUT2D eigenvalue weighted by molar-refractivity contribution is 7.80. The minimum absolute atomic E-state index is 0.236. The molecule has 0 unspecified atom stereocenters. The van der Waals surface area contributed by atoms with E-state index in [4.69, 9.17) is 12.2 Å². The van der Waals surface area contributed by atoms with Gasteiger partial charge in [-0.1, -0.05) is 12.1 Å². The van der Waals surface area contributed by atoms with Gasteiger partial charge >= 0.3 is 12.1 Å². The summed E-state index contributed by atoms with van der Waals surface area (Å²) in [6, 6.07) is 5.31. The number of carbonyl (C=O) groups excluding carboxylic acids is 1. The Morgan fingerprint density at radius 3 is 2.37 bits per heavy atom. The number of alkyl halides is 3. The van der Waals surface area contributed by atoms with Gasteiger partial charge in [0.25, 0.3) is 0 Å². The first-order valence-corrected chi connectivity index (χ1v) is 9.18. The number of carbonyl (C=O) groups is 1. The van der Waals surface area contributed by atoms with Crippen LogP contribution in [0.3, 0.4) is 0 Å². The lowest BCUT2D eigenvalue weighted by Gasteiger charge is -2.36. The average Bonchev–Trinajstić information content (AvgIpc) is 2.65. The Kier molecular flexibility index (Phi) is 7.85. The zero-order chi connectivity index (χ0) is 19.9. The second-order valence-electron chi connectivity index (χ2n) is 6.37. The monoisotopic (exact) mass is 403 g/mol. The molecule has 0 atom stereocenters. The topological polar surface area (TPSA) is 44.8 Å². The van der Waals surface area contributed by atoms with Gasteiger partial charge in [0.1, 0.15) is 0 Å². The molecule has 5 nitrogen and oxygen atoms in total. The SMILES string of the molecule is COC(=O)CCCNC(=S)N1CCN(Cc2ccc(C(F)(F)F)cc2)CC1. The van der Waals surface area contributed by atoms with Crippen LogP contribution in [0.4, 0.5) is 13.2 Å². The van der Waals surface area contributed by atoms with Crippen LogP contribution in [0, 0.1) is 0 Å². The molecule has 0 saturated carbocycles. The Balaban J connectivity index is 1.70. The summed E-state index contributed by atoms with van der Waals surface area (Å²) in [5, 5.41) is 3.80. The van der Waals surface area contributed by atoms with Crippen LogP contribution in [0.25, 0.3) is 0 Å². The molecular weight excluding hydrogens is 379 g/mol. The van der Waals surface area contributed by atoms with Crippen LogP contribution in [0.15, 0.2) is 24.3 Å². The van der Waals surface area contributed by atoms with Crippen LogP contribution >= 0.6 is 12.2 Å². The minimum Gasteiger partial charge on any atom is -0.469 e. The van der Waals surface area contributed by atoms with Gasteiger partial charge in [-0.05, 0) is 36.3 Å². The van der Waals surface area contributed by atoms with Crippen molar-refractivity contribution in [2.75, 3.05) is 39.8 Å². The van der Waals surface area contributed by atoms with Crippen molar-refractivity contribution >= 4 is 23.3 Å². The number of hydrogen-bond acceptors (Lipinski definition) is 4. The number of methoxy groups -OCH3 is 1. The summed E-state index contributed by atoms with van der Waals surface area (Å²) in [5.41, 5.74) is 0.236. The lowest BCUT2D eigenvalue weighted by molar-refractivity contribution is -0.140. The number of nitrogens with zero attached hydrogens (tertiary/aromatic N) is 2. The molecule has 1 heterocycles. The second-order valence-corrected chi connectivity index (χ2v) is 6.76. The molecule has 1 N–H and O–H groups in total. The molecule has 0 spiro atoms. The second kappa shape index (κ2) is 9.89. The highest BCUT2D eigenvalue weighted by atomic mass is 32.1. The molecule has 1 aliphatic heterocycles. The van der Waals surface area contributed by atoms with Gasteiger partial charge in [-0.25, -0.2) is 0 Å². The quantitative estimate of drug-likeness (QED) is 0.448. The van der Waals surface area contributed by atoms with Gasteiger partial charge in [-0.2, -0.15) is 13.2 Å². The number of thiocarbonyl (C=S) groups is 1. The fourth-order valence-electron chi connectivity index (χ4n) is 2.81. The van der Waals surface area contributed by atoms with Gasteiger partial charge < -0.3 is 15.0 Å². The number of piperazine rings is 1. The van der Waals surface area contributed by atoms with Gasteiger partial charge in [0.2, 0.25) is 0 Å². The summed E-state index contributed by atoms with van der Waals surface area (Å²) < 4.78 is 42.4. The van der Waals surface area contributed by atoms with Crippen molar-refractivity contribution in [2.24, 2.45) is 0 Å². The maximum atomic E-state index is 12.6. The van der Waals surface area contributed by atoms with Gasteiger partial charge in [-0.3, -0.25) is 9.69 Å². The maximum absolute atomic E-state index is 12.6. The van der Waals surface area contributed by atoms with E-state index in [1.54, 1.807) is 0 Å². The van der Waals surface area contributed by atoms with E-state index in [1.807, 2.05) is 0 Å². The van der Waals surface area contributed by atoms with Crippen molar-refractivity contribution in [3.63, 3.8) is 0 Å². The third kappa shape index (κ3) is 6.99. The van der Waals surface area contributed by atoms with Crippen molar-refractivity contribution in [3.8, 4) is 0 Å². The molecule has 27 heavy (non-hydrogen) atoms. The van der Waals surface area contributed by atoms with Crippen LogP contribution in [0.5, 0.6) is 0 Å². The fourth-order valence-corrected chi connectivity index (χ4v) is 3.09. The van der Waals surface area contributed by atoms with Crippen molar-refractivity contribution < 1.29 is 22.7 Å². The highest BCUT2D eigenvalue weighted by Crippen LogP contribution is 2.29. The first-order valence-electron chi connectivity index (χ1n) is 8.77. The van der Waals surface area contributed by atoms with E-state index in [0.717, 1.165) is 43.9 Å². The van der Waals surface area contributed by atoms with E-state index in [1.165, 1.54) is 19.2 Å². The summed E-state index contributed by atoms with van der Waals surface area (Å²) in [4.78, 5) is 15.3. The van der Waals surface area contributed by atoms with E-state index < -0.39 is 11.7 Å². The summed E-state index contributed by atoms with van der Waals surface area (Å²) in [7, 11) is 1.37. The van der Waals surface area contributed by atoms with Crippen molar-refractivity contribution in [2.45, 2.75) is 25.6 Å². The zero-order valence-electron chi connectivity index (χ0n) is 15.2. The maximum Gasteiger partial charge on any atom is 0.416 e. The van der Waals surface area contributed by atoms with Crippen molar-refractivity contribution in [1.82, 2.24) is 15.1 Å². The Labute approximate surface area is 162 Å². The molecule has 150 valence electrons. The molecule has 9 heteroatoms. The van der Waals surface area contributed by atoms with Crippen LogP contribution < -0.4 is 5.32 Å². The largest absolute Gasteiger partial charge is 0.469 e. The minimum atomic E-state index is -4.30. The van der Waals surface area contributed by atoms with Gasteiger partial charge in [0.15, 0.2) is 5.11 Å². The average molecular weight is 403 g/mol. The first-order chi connectivity index (χ1) is 12.8. The Hall–Kier alpha value is -1.87. The van der Waals surface area contributed by atoms with E-state index in [0.29, 0.717) is 31.0 Å². The van der Waals surface area contributed by atoms with Gasteiger partial charge in [-0.15, -0.1) is 0 Å². The van der Waals surface area contributed by atoms with E-state index in [2.05, 4.69) is 19.9 Å². The number of ether oxygens (including phenoxy) is 1. The molecular formula is C18H24F3N3O2S. The Morgan fingerprint density at radius 2 is 1.81 bits per heavy atom. The summed E-state index contributed by atoms with van der Waals surface area (Å²) in [6.45, 7) is 4.30. The molecule has 1 aromatic rings. The molecule has 1 fully saturated rings. The third-order valence-corrected chi connectivity index (χ3v) is 4.81. The van der Waals surface area contributed by atoms with Crippen molar-refractivity contribution in [1.29, 1.82) is 0 Å². The predicted octanol–water partition coefficient (Wildman–Crippen LogP) is 2.65. The summed E-state index contributed by atoms with van der Waals surface area (Å²) in [5.74, 6) is -0.236. The number of rotatable bonds is 6. The lowest BCUT2D eigenvalue weighted by Crippen LogP contribution is -2.51. The normalized spacial score (nSPS) is 15.5. The molecule has 0 aromatic heterocycles. The number of esters is 1. The molecule has 1 aliphatic rings. The molecule has 2 rings (SSSR count). The number of benzene rings is 1. The lowest BCUT2D eigenvalue weighted by atomic mass is 10.1. The van der Waals surface area contributed by atoms with E-state index in [9.17, 15) is 18.0 Å². The predicted molar refractivity (Wildman–Crippen MR) is 100 cm³/mol. The van der Waals surface area contributed by atoms with Crippen LogP contribution in [-0.4, -0.2) is 60.7 Å². The Morgan fingerprint density at radius 1 is 1.19 bits per heavy atom. The number of nitrogens with one attached hydrogen (secondary N) is 1. The number of halogens is 3. The zero-order valence-corrected chi connectivity index (χ0v) is 16.0. The number of hydrogen-bond donors (Lipinski definition) is 1. The summed E-state index contributed by atoms with van der Waals surface area (Å²) in [6.07, 6.45) is -3.29. The smallest absolute Gasteiger partial charge is 0.416 e. The molecule has 0 aliphatic carbocycles. The molecule has 0 amide bonds. The van der Waals surface area contributed by atoms with Crippen LogP contribution in [0.1, 0.15) is 24.0 Å². The van der Waals surface area contributed by atoms with Crippen LogP contribution in [-0.2, 0) is 22.3 Å². The van der Waals surface area contributed by atoms with Crippen LogP contribution in [0.2, 0.25) is 0 Å². The Bertz CT molecular complexity index is 630. The fraction of sp³-hybridized carbons (Fsp3) is 0.556.